The van der Waals surface area contributed by atoms with Crippen LogP contribution >= 0.6 is 0 Å². The minimum Gasteiger partial charge on any atom is -0.481 e. The molecule has 114 valence electrons. The molecule has 2 unspecified atom stereocenters. The fourth-order valence-corrected chi connectivity index (χ4v) is 2.82. The van der Waals surface area contributed by atoms with E-state index >= 15 is 0 Å². The third kappa shape index (κ3) is 4.31. The fourth-order valence-electron chi connectivity index (χ4n) is 2.82. The zero-order chi connectivity index (χ0) is 15.2. The van der Waals surface area contributed by atoms with Crippen molar-refractivity contribution in [2.45, 2.75) is 45.4 Å². The van der Waals surface area contributed by atoms with Crippen molar-refractivity contribution >= 4 is 17.6 Å². The lowest BCUT2D eigenvalue weighted by Gasteiger charge is -2.11. The average molecular weight is 289 g/mol. The predicted molar refractivity (Wildman–Crippen MR) is 82.2 cm³/mol. The van der Waals surface area contributed by atoms with Gasteiger partial charge in [-0.05, 0) is 49.8 Å². The molecule has 1 fully saturated rings. The minimum absolute atomic E-state index is 0.0555. The maximum Gasteiger partial charge on any atom is 0.306 e. The number of carboxylic acids is 1. The molecule has 4 nitrogen and oxygen atoms in total. The van der Waals surface area contributed by atoms with Crippen LogP contribution in [0, 0.1) is 11.8 Å². The predicted octanol–water partition coefficient (Wildman–Crippen LogP) is 3.47. The summed E-state index contributed by atoms with van der Waals surface area (Å²) in [5.41, 5.74) is 2.07. The van der Waals surface area contributed by atoms with Crippen molar-refractivity contribution in [1.82, 2.24) is 0 Å². The zero-order valence-corrected chi connectivity index (χ0v) is 12.5. The Morgan fingerprint density at radius 1 is 1.19 bits per heavy atom. The second-order valence-electron chi connectivity index (χ2n) is 5.83. The second-order valence-corrected chi connectivity index (χ2v) is 5.83. The van der Waals surface area contributed by atoms with E-state index in [9.17, 15) is 9.59 Å². The van der Waals surface area contributed by atoms with E-state index in [2.05, 4.69) is 12.2 Å². The van der Waals surface area contributed by atoms with Crippen LogP contribution in [0.4, 0.5) is 5.69 Å². The van der Waals surface area contributed by atoms with Crippen LogP contribution in [0.5, 0.6) is 0 Å². The molecule has 0 saturated heterocycles. The van der Waals surface area contributed by atoms with Gasteiger partial charge in [0.05, 0.1) is 5.92 Å². The van der Waals surface area contributed by atoms with Gasteiger partial charge >= 0.3 is 5.97 Å². The molecular formula is C17H23NO3. The van der Waals surface area contributed by atoms with Gasteiger partial charge in [-0.1, -0.05) is 25.5 Å². The highest BCUT2D eigenvalue weighted by molar-refractivity contribution is 5.93. The Kier molecular flexibility index (Phi) is 5.37. The summed E-state index contributed by atoms with van der Waals surface area (Å²) in [6.07, 6.45) is 5.12. The molecule has 0 aromatic heterocycles. The second kappa shape index (κ2) is 7.25. The Bertz CT molecular complexity index is 495. The molecule has 0 spiro atoms. The van der Waals surface area contributed by atoms with Crippen molar-refractivity contribution in [1.29, 1.82) is 0 Å². The lowest BCUT2D eigenvalue weighted by molar-refractivity contribution is -0.141. The standard InChI is InChI=1S/C17H23NO3/c1-2-3-4-12-5-9-15(10-6-12)18-16(19)13-7-8-14(11-13)17(20)21/h5-6,9-10,13-14H,2-4,7-8,11H2,1H3,(H,18,19)(H,20,21). The van der Waals surface area contributed by atoms with Gasteiger partial charge < -0.3 is 10.4 Å². The molecule has 2 rings (SSSR count). The number of aryl methyl sites for hydroxylation is 1. The number of anilines is 1. The van der Waals surface area contributed by atoms with Crippen LogP contribution in [0.25, 0.3) is 0 Å². The van der Waals surface area contributed by atoms with E-state index in [0.29, 0.717) is 19.3 Å². The van der Waals surface area contributed by atoms with Gasteiger partial charge in [0, 0.05) is 11.6 Å². The number of carbonyl (C=O) groups is 2. The van der Waals surface area contributed by atoms with Crippen LogP contribution in [0.15, 0.2) is 24.3 Å². The number of aliphatic carboxylic acids is 1. The smallest absolute Gasteiger partial charge is 0.306 e. The lowest BCUT2D eigenvalue weighted by atomic mass is 10.0. The Labute approximate surface area is 125 Å². The summed E-state index contributed by atoms with van der Waals surface area (Å²) in [5, 5.41) is 11.9. The van der Waals surface area contributed by atoms with Crippen molar-refractivity contribution < 1.29 is 14.7 Å². The first-order valence-corrected chi connectivity index (χ1v) is 7.72. The number of unbranched alkanes of at least 4 members (excludes halogenated alkanes) is 1. The molecule has 1 amide bonds. The Balaban J connectivity index is 1.87. The summed E-state index contributed by atoms with van der Waals surface area (Å²) in [7, 11) is 0. The summed E-state index contributed by atoms with van der Waals surface area (Å²) in [4.78, 5) is 23.1. The summed E-state index contributed by atoms with van der Waals surface area (Å²) < 4.78 is 0. The number of carbonyl (C=O) groups excluding carboxylic acids is 1. The maximum absolute atomic E-state index is 12.1. The van der Waals surface area contributed by atoms with E-state index in [1.807, 2.05) is 24.3 Å². The van der Waals surface area contributed by atoms with Gasteiger partial charge in [-0.15, -0.1) is 0 Å². The number of rotatable bonds is 6. The van der Waals surface area contributed by atoms with E-state index in [0.717, 1.165) is 12.1 Å². The van der Waals surface area contributed by atoms with Crippen molar-refractivity contribution in [2.75, 3.05) is 5.32 Å². The highest BCUT2D eigenvalue weighted by Crippen LogP contribution is 2.31. The molecule has 2 N–H and O–H groups in total. The van der Waals surface area contributed by atoms with Crippen LogP contribution < -0.4 is 5.32 Å². The highest BCUT2D eigenvalue weighted by Gasteiger charge is 2.33. The van der Waals surface area contributed by atoms with Gasteiger partial charge in [0.2, 0.25) is 5.91 Å². The van der Waals surface area contributed by atoms with Crippen molar-refractivity contribution in [3.63, 3.8) is 0 Å². The number of carboxylic acid groups (broad SMARTS) is 1. The van der Waals surface area contributed by atoms with Crippen molar-refractivity contribution in [3.05, 3.63) is 29.8 Å². The van der Waals surface area contributed by atoms with Crippen LogP contribution in [0.1, 0.15) is 44.6 Å². The first kappa shape index (κ1) is 15.5. The molecule has 2 atom stereocenters. The summed E-state index contributed by atoms with van der Waals surface area (Å²) in [5.74, 6) is -1.38. The average Bonchev–Trinajstić information content (AvgIpc) is 2.97. The van der Waals surface area contributed by atoms with E-state index in [1.165, 1.54) is 18.4 Å². The summed E-state index contributed by atoms with van der Waals surface area (Å²) in [6.45, 7) is 2.17. The van der Waals surface area contributed by atoms with Crippen LogP contribution in [0.2, 0.25) is 0 Å². The Morgan fingerprint density at radius 3 is 2.43 bits per heavy atom. The molecule has 1 aromatic rings. The van der Waals surface area contributed by atoms with Crippen molar-refractivity contribution in [3.8, 4) is 0 Å². The third-order valence-corrected chi connectivity index (χ3v) is 4.19. The van der Waals surface area contributed by atoms with E-state index in [4.69, 9.17) is 5.11 Å². The van der Waals surface area contributed by atoms with Gasteiger partial charge in [-0.2, -0.15) is 0 Å². The number of hydrogen-bond donors (Lipinski definition) is 2. The first-order valence-electron chi connectivity index (χ1n) is 7.72. The van der Waals surface area contributed by atoms with Crippen molar-refractivity contribution in [2.24, 2.45) is 11.8 Å². The molecule has 0 radical (unpaired) electrons. The topological polar surface area (TPSA) is 66.4 Å². The number of hydrogen-bond acceptors (Lipinski definition) is 2. The zero-order valence-electron chi connectivity index (χ0n) is 12.5. The molecule has 1 aliphatic carbocycles. The SMILES string of the molecule is CCCCc1ccc(NC(=O)C2CCC(C(=O)O)C2)cc1. The molecule has 1 aromatic carbocycles. The molecule has 21 heavy (non-hydrogen) atoms. The maximum atomic E-state index is 12.1. The molecule has 1 saturated carbocycles. The number of amides is 1. The Hall–Kier alpha value is -1.84. The quantitative estimate of drug-likeness (QED) is 0.842. The normalized spacial score (nSPS) is 21.2. The van der Waals surface area contributed by atoms with Gasteiger partial charge in [-0.3, -0.25) is 9.59 Å². The van der Waals surface area contributed by atoms with Gasteiger partial charge in [0.15, 0.2) is 0 Å². The number of benzene rings is 1. The first-order chi connectivity index (χ1) is 10.1. The van der Waals surface area contributed by atoms with Crippen LogP contribution in [-0.4, -0.2) is 17.0 Å². The third-order valence-electron chi connectivity index (χ3n) is 4.19. The molecule has 0 heterocycles. The Morgan fingerprint density at radius 2 is 1.86 bits per heavy atom. The highest BCUT2D eigenvalue weighted by atomic mass is 16.4. The minimum atomic E-state index is -0.787. The molecule has 4 heteroatoms. The van der Waals surface area contributed by atoms with E-state index < -0.39 is 5.97 Å². The fraction of sp³-hybridized carbons (Fsp3) is 0.529. The molecular weight excluding hydrogens is 266 g/mol. The largest absolute Gasteiger partial charge is 0.481 e. The summed E-state index contributed by atoms with van der Waals surface area (Å²) in [6, 6.07) is 7.93. The summed E-state index contributed by atoms with van der Waals surface area (Å²) >= 11 is 0. The molecule has 0 bridgehead atoms. The van der Waals surface area contributed by atoms with Gasteiger partial charge in [0.25, 0.3) is 0 Å². The molecule has 1 aliphatic rings. The number of nitrogens with one attached hydrogen (secondary N) is 1. The van der Waals surface area contributed by atoms with E-state index in [-0.39, 0.29) is 17.7 Å². The van der Waals surface area contributed by atoms with Crippen LogP contribution in [-0.2, 0) is 16.0 Å². The van der Waals surface area contributed by atoms with Gasteiger partial charge in [-0.25, -0.2) is 0 Å². The van der Waals surface area contributed by atoms with E-state index in [1.54, 1.807) is 0 Å². The lowest BCUT2D eigenvalue weighted by Crippen LogP contribution is -2.21. The molecule has 0 aliphatic heterocycles. The monoisotopic (exact) mass is 289 g/mol. The van der Waals surface area contributed by atoms with Crippen LogP contribution in [0.3, 0.4) is 0 Å². The van der Waals surface area contributed by atoms with Gasteiger partial charge in [0.1, 0.15) is 0 Å².